The molecular weight excluding hydrogens is 176 g/mol. The molecular formula is C12H18O2. The lowest BCUT2D eigenvalue weighted by Gasteiger charge is -2.45. The molecule has 0 bridgehead atoms. The second-order valence-electron chi connectivity index (χ2n) is 5.13. The number of fused-ring (bicyclic) bond motifs is 1. The summed E-state index contributed by atoms with van der Waals surface area (Å²) in [5.41, 5.74) is -0.172. The standard InChI is InChI=1S/C12H18O2/c1-3-12-7-4-9(13)8-11(12,2)6-5-10(12)14/h3-8H2,1-2H3/t11-,12-/m1/s1. The van der Waals surface area contributed by atoms with E-state index in [0.717, 1.165) is 19.3 Å². The SMILES string of the molecule is CC[C@]12CCC(=O)C[C@@]1(C)CCC2=O. The molecule has 2 heteroatoms. The third-order valence-corrected chi connectivity index (χ3v) is 4.61. The largest absolute Gasteiger partial charge is 0.300 e. The van der Waals surface area contributed by atoms with E-state index in [1.54, 1.807) is 0 Å². The summed E-state index contributed by atoms with van der Waals surface area (Å²) >= 11 is 0. The van der Waals surface area contributed by atoms with Crippen LogP contribution in [0.4, 0.5) is 0 Å². The summed E-state index contributed by atoms with van der Waals surface area (Å²) in [5.74, 6) is 0.765. The van der Waals surface area contributed by atoms with E-state index in [1.807, 2.05) is 0 Å². The molecule has 2 rings (SSSR count). The molecule has 2 aliphatic rings. The molecule has 2 aliphatic carbocycles. The van der Waals surface area contributed by atoms with Crippen LogP contribution in [0.15, 0.2) is 0 Å². The van der Waals surface area contributed by atoms with Crippen LogP contribution in [0.5, 0.6) is 0 Å². The number of hydrogen-bond donors (Lipinski definition) is 0. The quantitative estimate of drug-likeness (QED) is 0.642. The molecule has 0 spiro atoms. The van der Waals surface area contributed by atoms with E-state index < -0.39 is 0 Å². The third-order valence-electron chi connectivity index (χ3n) is 4.61. The van der Waals surface area contributed by atoms with Crippen LogP contribution in [0, 0.1) is 10.8 Å². The van der Waals surface area contributed by atoms with Crippen molar-refractivity contribution in [2.45, 2.75) is 52.4 Å². The van der Waals surface area contributed by atoms with Gasteiger partial charge < -0.3 is 0 Å². The summed E-state index contributed by atoms with van der Waals surface area (Å²) in [4.78, 5) is 23.4. The van der Waals surface area contributed by atoms with Crippen LogP contribution in [-0.4, -0.2) is 11.6 Å². The number of ketones is 2. The highest BCUT2D eigenvalue weighted by Gasteiger charge is 2.58. The van der Waals surface area contributed by atoms with Crippen molar-refractivity contribution in [1.82, 2.24) is 0 Å². The van der Waals surface area contributed by atoms with Crippen LogP contribution in [-0.2, 0) is 9.59 Å². The lowest BCUT2D eigenvalue weighted by atomic mass is 9.57. The van der Waals surface area contributed by atoms with Crippen molar-refractivity contribution in [1.29, 1.82) is 0 Å². The van der Waals surface area contributed by atoms with E-state index in [2.05, 4.69) is 13.8 Å². The Kier molecular flexibility index (Phi) is 2.06. The summed E-state index contributed by atoms with van der Waals surface area (Å²) in [5, 5.41) is 0. The first-order valence-electron chi connectivity index (χ1n) is 5.59. The Morgan fingerprint density at radius 3 is 2.57 bits per heavy atom. The Bertz CT molecular complexity index is 295. The van der Waals surface area contributed by atoms with Crippen LogP contribution in [0.3, 0.4) is 0 Å². The zero-order valence-corrected chi connectivity index (χ0v) is 9.06. The van der Waals surface area contributed by atoms with Crippen LogP contribution in [0.1, 0.15) is 52.4 Å². The van der Waals surface area contributed by atoms with Gasteiger partial charge in [0.05, 0.1) is 0 Å². The Labute approximate surface area is 85.1 Å². The van der Waals surface area contributed by atoms with Crippen molar-refractivity contribution in [2.75, 3.05) is 0 Å². The van der Waals surface area contributed by atoms with Gasteiger partial charge in [0.25, 0.3) is 0 Å². The van der Waals surface area contributed by atoms with E-state index in [9.17, 15) is 9.59 Å². The average Bonchev–Trinajstić information content (AvgIpc) is 2.39. The molecule has 2 fully saturated rings. The van der Waals surface area contributed by atoms with E-state index in [4.69, 9.17) is 0 Å². The van der Waals surface area contributed by atoms with Crippen molar-refractivity contribution in [2.24, 2.45) is 10.8 Å². The van der Waals surface area contributed by atoms with Gasteiger partial charge in [0.2, 0.25) is 0 Å². The maximum Gasteiger partial charge on any atom is 0.139 e. The van der Waals surface area contributed by atoms with Gasteiger partial charge in [-0.1, -0.05) is 13.8 Å². The highest BCUT2D eigenvalue weighted by atomic mass is 16.1. The van der Waals surface area contributed by atoms with Gasteiger partial charge in [-0.2, -0.15) is 0 Å². The second kappa shape index (κ2) is 2.91. The molecule has 0 aromatic rings. The zero-order chi connectivity index (χ0) is 10.4. The van der Waals surface area contributed by atoms with Crippen LogP contribution < -0.4 is 0 Å². The fraction of sp³-hybridized carbons (Fsp3) is 0.833. The van der Waals surface area contributed by atoms with Crippen molar-refractivity contribution >= 4 is 11.6 Å². The molecule has 0 amide bonds. The number of Topliss-reactive ketones (excluding diaryl/α,β-unsaturated/α-hetero) is 2. The minimum Gasteiger partial charge on any atom is -0.300 e. The Hall–Kier alpha value is -0.660. The predicted octanol–water partition coefficient (Wildman–Crippen LogP) is 2.51. The molecule has 2 atom stereocenters. The average molecular weight is 194 g/mol. The predicted molar refractivity (Wildman–Crippen MR) is 53.9 cm³/mol. The van der Waals surface area contributed by atoms with Gasteiger partial charge in [-0.15, -0.1) is 0 Å². The summed E-state index contributed by atoms with van der Waals surface area (Å²) in [7, 11) is 0. The Morgan fingerprint density at radius 2 is 1.93 bits per heavy atom. The van der Waals surface area contributed by atoms with E-state index in [0.29, 0.717) is 30.8 Å². The molecule has 0 unspecified atom stereocenters. The summed E-state index contributed by atoms with van der Waals surface area (Å²) < 4.78 is 0. The molecule has 0 aromatic heterocycles. The number of carbonyl (C=O) groups excluding carboxylic acids is 2. The van der Waals surface area contributed by atoms with E-state index in [-0.39, 0.29) is 10.8 Å². The molecule has 0 heterocycles. The molecule has 0 radical (unpaired) electrons. The lowest BCUT2D eigenvalue weighted by molar-refractivity contribution is -0.138. The first kappa shape index (κ1) is 9.88. The maximum absolute atomic E-state index is 12.0. The maximum atomic E-state index is 12.0. The molecule has 14 heavy (non-hydrogen) atoms. The van der Waals surface area contributed by atoms with Crippen molar-refractivity contribution in [3.8, 4) is 0 Å². The molecule has 0 aromatic carbocycles. The zero-order valence-electron chi connectivity index (χ0n) is 9.06. The van der Waals surface area contributed by atoms with E-state index in [1.165, 1.54) is 0 Å². The minimum atomic E-state index is -0.152. The van der Waals surface area contributed by atoms with Gasteiger partial charge in [-0.25, -0.2) is 0 Å². The van der Waals surface area contributed by atoms with Gasteiger partial charge in [0.15, 0.2) is 0 Å². The second-order valence-corrected chi connectivity index (χ2v) is 5.13. The summed E-state index contributed by atoms with van der Waals surface area (Å²) in [6.45, 7) is 4.23. The van der Waals surface area contributed by atoms with E-state index >= 15 is 0 Å². The topological polar surface area (TPSA) is 34.1 Å². The Morgan fingerprint density at radius 1 is 1.21 bits per heavy atom. The monoisotopic (exact) mass is 194 g/mol. The van der Waals surface area contributed by atoms with Gasteiger partial charge in [-0.05, 0) is 24.7 Å². The highest BCUT2D eigenvalue weighted by Crippen LogP contribution is 2.59. The van der Waals surface area contributed by atoms with Gasteiger partial charge >= 0.3 is 0 Å². The first-order valence-corrected chi connectivity index (χ1v) is 5.59. The smallest absolute Gasteiger partial charge is 0.139 e. The molecule has 2 saturated carbocycles. The van der Waals surface area contributed by atoms with Gasteiger partial charge in [-0.3, -0.25) is 9.59 Å². The fourth-order valence-corrected chi connectivity index (χ4v) is 3.58. The lowest BCUT2D eigenvalue weighted by Crippen LogP contribution is -2.44. The highest BCUT2D eigenvalue weighted by molar-refractivity contribution is 5.92. The molecule has 0 N–H and O–H groups in total. The first-order chi connectivity index (χ1) is 6.54. The minimum absolute atomic E-state index is 0.0197. The number of carbonyl (C=O) groups is 2. The van der Waals surface area contributed by atoms with Crippen molar-refractivity contribution < 1.29 is 9.59 Å². The van der Waals surface area contributed by atoms with Crippen molar-refractivity contribution in [3.05, 3.63) is 0 Å². The summed E-state index contributed by atoms with van der Waals surface area (Å²) in [6.07, 6.45) is 4.58. The van der Waals surface area contributed by atoms with Crippen LogP contribution >= 0.6 is 0 Å². The van der Waals surface area contributed by atoms with Gasteiger partial charge in [0, 0.05) is 24.7 Å². The normalized spacial score (nSPS) is 42.7. The molecule has 0 saturated heterocycles. The molecule has 78 valence electrons. The summed E-state index contributed by atoms with van der Waals surface area (Å²) in [6, 6.07) is 0. The Balaban J connectivity index is 2.40. The number of rotatable bonds is 1. The van der Waals surface area contributed by atoms with Gasteiger partial charge in [0.1, 0.15) is 11.6 Å². The number of hydrogen-bond acceptors (Lipinski definition) is 2. The van der Waals surface area contributed by atoms with Crippen LogP contribution in [0.25, 0.3) is 0 Å². The van der Waals surface area contributed by atoms with Crippen LogP contribution in [0.2, 0.25) is 0 Å². The molecule has 2 nitrogen and oxygen atoms in total. The molecule has 0 aliphatic heterocycles. The fourth-order valence-electron chi connectivity index (χ4n) is 3.58. The third kappa shape index (κ3) is 1.03. The van der Waals surface area contributed by atoms with Crippen molar-refractivity contribution in [3.63, 3.8) is 0 Å².